The molecule has 1 N–H and O–H groups in total. The molecule has 2 aromatic carbocycles. The average molecular weight is 336 g/mol. The van der Waals surface area contributed by atoms with Crippen molar-refractivity contribution < 1.29 is 9.59 Å². The van der Waals surface area contributed by atoms with Gasteiger partial charge in [-0.25, -0.2) is 0 Å². The molecule has 1 saturated heterocycles. The summed E-state index contributed by atoms with van der Waals surface area (Å²) >= 11 is 0. The molecular formula is C21H24N2O2. The van der Waals surface area contributed by atoms with Crippen LogP contribution in [0.3, 0.4) is 0 Å². The second-order valence-corrected chi connectivity index (χ2v) is 6.70. The normalized spacial score (nSPS) is 17.0. The molecule has 1 unspecified atom stereocenters. The average Bonchev–Trinajstić information content (AvgIpc) is 2.98. The number of hydrogen-bond acceptors (Lipinski definition) is 2. The number of para-hydroxylation sites is 1. The first-order valence-corrected chi connectivity index (χ1v) is 8.76. The molecule has 0 aliphatic carbocycles. The highest BCUT2D eigenvalue weighted by molar-refractivity contribution is 6.04. The highest BCUT2D eigenvalue weighted by Crippen LogP contribution is 2.28. The molecule has 3 rings (SSSR count). The number of carbonyl (C=O) groups excluding carboxylic acids is 2. The number of hydrogen-bond donors (Lipinski definition) is 1. The van der Waals surface area contributed by atoms with Crippen molar-refractivity contribution in [3.05, 3.63) is 59.2 Å². The predicted octanol–water partition coefficient (Wildman–Crippen LogP) is 3.86. The Balaban J connectivity index is 1.76. The number of anilines is 2. The number of amides is 2. The summed E-state index contributed by atoms with van der Waals surface area (Å²) in [7, 11) is 0. The van der Waals surface area contributed by atoms with Gasteiger partial charge in [0.1, 0.15) is 0 Å². The fourth-order valence-corrected chi connectivity index (χ4v) is 3.36. The van der Waals surface area contributed by atoms with Crippen LogP contribution in [0.2, 0.25) is 0 Å². The van der Waals surface area contributed by atoms with E-state index in [0.717, 1.165) is 34.5 Å². The third-order valence-electron chi connectivity index (χ3n) is 4.80. The first-order chi connectivity index (χ1) is 12.0. The number of carbonyl (C=O) groups is 2. The van der Waals surface area contributed by atoms with Crippen molar-refractivity contribution in [2.24, 2.45) is 5.92 Å². The maximum absolute atomic E-state index is 12.7. The van der Waals surface area contributed by atoms with Gasteiger partial charge in [-0.05, 0) is 49.1 Å². The van der Waals surface area contributed by atoms with Gasteiger partial charge in [0.15, 0.2) is 0 Å². The largest absolute Gasteiger partial charge is 0.325 e. The summed E-state index contributed by atoms with van der Waals surface area (Å²) in [5, 5.41) is 3.06. The second kappa shape index (κ2) is 7.09. The molecule has 1 atom stereocenters. The van der Waals surface area contributed by atoms with E-state index in [1.807, 2.05) is 56.3 Å². The summed E-state index contributed by atoms with van der Waals surface area (Å²) in [6.45, 7) is 6.50. The van der Waals surface area contributed by atoms with Gasteiger partial charge >= 0.3 is 0 Å². The van der Waals surface area contributed by atoms with Gasteiger partial charge in [-0.3, -0.25) is 9.59 Å². The Kier molecular flexibility index (Phi) is 4.88. The third-order valence-corrected chi connectivity index (χ3v) is 4.80. The summed E-state index contributed by atoms with van der Waals surface area (Å²) in [5.41, 5.74) is 5.02. The first-order valence-electron chi connectivity index (χ1n) is 8.76. The van der Waals surface area contributed by atoms with Crippen molar-refractivity contribution in [3.8, 4) is 0 Å². The molecule has 0 bridgehead atoms. The minimum absolute atomic E-state index is 0.00579. The van der Waals surface area contributed by atoms with Gasteiger partial charge in [0, 0.05) is 24.3 Å². The zero-order chi connectivity index (χ0) is 18.0. The quantitative estimate of drug-likeness (QED) is 0.922. The van der Waals surface area contributed by atoms with Crippen LogP contribution >= 0.6 is 0 Å². The standard InChI is InChI=1S/C21H24N2O2/c1-4-16-9-6-8-15(3)20(16)22-21(25)17-12-19(24)23(13-17)18-10-5-7-14(2)11-18/h5-11,17H,4,12-13H2,1-3H3,(H,22,25). The van der Waals surface area contributed by atoms with Gasteiger partial charge in [0.25, 0.3) is 0 Å². The molecule has 2 amide bonds. The van der Waals surface area contributed by atoms with Gasteiger partial charge in [-0.15, -0.1) is 0 Å². The molecule has 130 valence electrons. The molecule has 25 heavy (non-hydrogen) atoms. The second-order valence-electron chi connectivity index (χ2n) is 6.70. The Bertz CT molecular complexity index is 813. The third kappa shape index (κ3) is 3.58. The molecule has 0 radical (unpaired) electrons. The minimum atomic E-state index is -0.322. The monoisotopic (exact) mass is 336 g/mol. The van der Waals surface area contributed by atoms with E-state index in [-0.39, 0.29) is 24.2 Å². The van der Waals surface area contributed by atoms with E-state index < -0.39 is 0 Å². The van der Waals surface area contributed by atoms with Crippen LogP contribution in [0.15, 0.2) is 42.5 Å². The molecule has 4 nitrogen and oxygen atoms in total. The lowest BCUT2D eigenvalue weighted by Gasteiger charge is -2.18. The number of rotatable bonds is 4. The predicted molar refractivity (Wildman–Crippen MR) is 101 cm³/mol. The molecule has 2 aromatic rings. The lowest BCUT2D eigenvalue weighted by atomic mass is 10.0. The molecule has 0 aromatic heterocycles. The highest BCUT2D eigenvalue weighted by Gasteiger charge is 2.35. The van der Waals surface area contributed by atoms with Crippen molar-refractivity contribution in [3.63, 3.8) is 0 Å². The summed E-state index contributed by atoms with van der Waals surface area (Å²) in [5.74, 6) is -0.393. The molecule has 1 heterocycles. The maximum Gasteiger partial charge on any atom is 0.229 e. The molecule has 4 heteroatoms. The number of nitrogens with one attached hydrogen (secondary N) is 1. The van der Waals surface area contributed by atoms with E-state index >= 15 is 0 Å². The van der Waals surface area contributed by atoms with Gasteiger partial charge in [-0.1, -0.05) is 37.3 Å². The number of aryl methyl sites for hydroxylation is 3. The van der Waals surface area contributed by atoms with E-state index in [9.17, 15) is 9.59 Å². The lowest BCUT2D eigenvalue weighted by Crippen LogP contribution is -2.28. The van der Waals surface area contributed by atoms with Crippen molar-refractivity contribution in [2.45, 2.75) is 33.6 Å². The minimum Gasteiger partial charge on any atom is -0.325 e. The van der Waals surface area contributed by atoms with E-state index in [0.29, 0.717) is 6.54 Å². The van der Waals surface area contributed by atoms with Gasteiger partial charge < -0.3 is 10.2 Å². The number of nitrogens with zero attached hydrogens (tertiary/aromatic N) is 1. The van der Waals surface area contributed by atoms with E-state index in [2.05, 4.69) is 12.2 Å². The maximum atomic E-state index is 12.7. The van der Waals surface area contributed by atoms with E-state index in [1.165, 1.54) is 0 Å². The smallest absolute Gasteiger partial charge is 0.229 e. The molecule has 0 spiro atoms. The van der Waals surface area contributed by atoms with Crippen LogP contribution in [0.4, 0.5) is 11.4 Å². The van der Waals surface area contributed by atoms with Crippen LogP contribution in [0, 0.1) is 19.8 Å². The van der Waals surface area contributed by atoms with Crippen LogP contribution in [0.1, 0.15) is 30.0 Å². The SMILES string of the molecule is CCc1cccc(C)c1NC(=O)C1CC(=O)N(c2cccc(C)c2)C1. The number of benzene rings is 2. The van der Waals surface area contributed by atoms with Crippen molar-refractivity contribution in [1.82, 2.24) is 0 Å². The summed E-state index contributed by atoms with van der Waals surface area (Å²) < 4.78 is 0. The Morgan fingerprint density at radius 1 is 1.20 bits per heavy atom. The zero-order valence-corrected chi connectivity index (χ0v) is 15.0. The van der Waals surface area contributed by atoms with Crippen LogP contribution in [0.5, 0.6) is 0 Å². The topological polar surface area (TPSA) is 49.4 Å². The lowest BCUT2D eigenvalue weighted by molar-refractivity contribution is -0.122. The van der Waals surface area contributed by atoms with Crippen LogP contribution in [0.25, 0.3) is 0 Å². The van der Waals surface area contributed by atoms with Crippen molar-refractivity contribution >= 4 is 23.2 Å². The molecule has 1 aliphatic heterocycles. The van der Waals surface area contributed by atoms with Gasteiger partial charge in [0.05, 0.1) is 5.92 Å². The molecule has 0 saturated carbocycles. The van der Waals surface area contributed by atoms with Crippen molar-refractivity contribution in [1.29, 1.82) is 0 Å². The fourth-order valence-electron chi connectivity index (χ4n) is 3.36. The van der Waals surface area contributed by atoms with Crippen LogP contribution in [-0.4, -0.2) is 18.4 Å². The van der Waals surface area contributed by atoms with E-state index in [4.69, 9.17) is 0 Å². The fraction of sp³-hybridized carbons (Fsp3) is 0.333. The van der Waals surface area contributed by atoms with E-state index in [1.54, 1.807) is 4.90 Å². The summed E-state index contributed by atoms with van der Waals surface area (Å²) in [4.78, 5) is 26.8. The summed E-state index contributed by atoms with van der Waals surface area (Å²) in [6.07, 6.45) is 1.11. The van der Waals surface area contributed by atoms with Crippen LogP contribution in [-0.2, 0) is 16.0 Å². The van der Waals surface area contributed by atoms with Gasteiger partial charge in [-0.2, -0.15) is 0 Å². The Hall–Kier alpha value is -2.62. The zero-order valence-electron chi connectivity index (χ0n) is 15.0. The van der Waals surface area contributed by atoms with Crippen molar-refractivity contribution in [2.75, 3.05) is 16.8 Å². The van der Waals surface area contributed by atoms with Gasteiger partial charge in [0.2, 0.25) is 11.8 Å². The Morgan fingerprint density at radius 2 is 1.96 bits per heavy atom. The summed E-state index contributed by atoms with van der Waals surface area (Å²) in [6, 6.07) is 13.9. The molecular weight excluding hydrogens is 312 g/mol. The Morgan fingerprint density at radius 3 is 2.68 bits per heavy atom. The first kappa shape index (κ1) is 17.2. The molecule has 1 fully saturated rings. The highest BCUT2D eigenvalue weighted by atomic mass is 16.2. The Labute approximate surface area is 148 Å². The molecule has 1 aliphatic rings. The van der Waals surface area contributed by atoms with Crippen LogP contribution < -0.4 is 10.2 Å².